The summed E-state index contributed by atoms with van der Waals surface area (Å²) in [6.45, 7) is 0.00724. The van der Waals surface area contributed by atoms with E-state index in [4.69, 9.17) is 0 Å². The molecule has 0 amide bonds. The number of hydrogen-bond acceptors (Lipinski definition) is 4. The molecule has 1 aliphatic carbocycles. The second-order valence-electron chi connectivity index (χ2n) is 5.44. The van der Waals surface area contributed by atoms with Crippen molar-refractivity contribution >= 4 is 11.6 Å². The summed E-state index contributed by atoms with van der Waals surface area (Å²) < 4.78 is 14.1. The quantitative estimate of drug-likeness (QED) is 0.413. The first-order chi connectivity index (χ1) is 11.6. The number of aromatic nitrogens is 3. The van der Waals surface area contributed by atoms with Crippen LogP contribution >= 0.6 is 0 Å². The Labute approximate surface area is 135 Å². The Kier molecular flexibility index (Phi) is 3.02. The molecule has 118 valence electrons. The SMILES string of the molecule is O=C1c2ccccc2C(=O)c2c1n[n+]([O-])n2Cc1ccc(F)cc1. The predicted octanol–water partition coefficient (Wildman–Crippen LogP) is 1.48. The number of benzene rings is 2. The van der Waals surface area contributed by atoms with E-state index in [0.717, 1.165) is 4.68 Å². The first-order valence-electron chi connectivity index (χ1n) is 7.20. The van der Waals surface area contributed by atoms with Gasteiger partial charge in [0, 0.05) is 21.2 Å². The second-order valence-corrected chi connectivity index (χ2v) is 5.44. The largest absolute Gasteiger partial charge is 0.571 e. The molecule has 1 aromatic heterocycles. The molecule has 0 bridgehead atoms. The molecule has 0 saturated heterocycles. The lowest BCUT2D eigenvalue weighted by atomic mass is 9.90. The molecular weight excluding hydrogens is 313 g/mol. The van der Waals surface area contributed by atoms with Crippen LogP contribution in [0, 0.1) is 11.0 Å². The summed E-state index contributed by atoms with van der Waals surface area (Å²) in [5.41, 5.74) is 0.895. The zero-order chi connectivity index (χ0) is 16.8. The van der Waals surface area contributed by atoms with Crippen LogP contribution in [-0.2, 0) is 6.54 Å². The van der Waals surface area contributed by atoms with Gasteiger partial charge in [0.15, 0.2) is 5.69 Å². The molecule has 0 fully saturated rings. The molecule has 6 nitrogen and oxygen atoms in total. The minimum Gasteiger partial charge on any atom is -0.571 e. The topological polar surface area (TPSA) is 78.9 Å². The molecule has 0 saturated carbocycles. The second kappa shape index (κ2) is 5.09. The van der Waals surface area contributed by atoms with E-state index in [1.54, 1.807) is 18.2 Å². The molecule has 0 unspecified atom stereocenters. The van der Waals surface area contributed by atoms with E-state index in [1.807, 2.05) is 0 Å². The monoisotopic (exact) mass is 323 g/mol. The number of ketones is 2. The highest BCUT2D eigenvalue weighted by Crippen LogP contribution is 2.25. The Hall–Kier alpha value is -3.35. The van der Waals surface area contributed by atoms with Crippen molar-refractivity contribution < 1.29 is 18.9 Å². The van der Waals surface area contributed by atoms with Crippen molar-refractivity contribution in [2.75, 3.05) is 0 Å². The van der Waals surface area contributed by atoms with Crippen LogP contribution in [0.3, 0.4) is 0 Å². The minimum atomic E-state index is -0.456. The number of fused-ring (bicyclic) bond motifs is 2. The van der Waals surface area contributed by atoms with Crippen molar-refractivity contribution in [1.82, 2.24) is 9.78 Å². The average molecular weight is 323 g/mol. The van der Waals surface area contributed by atoms with Crippen LogP contribution in [0.15, 0.2) is 48.5 Å². The number of carbonyl (C=O) groups is 2. The standard InChI is InChI=1S/C17H10FN3O3/c18-11-7-5-10(6-8-11)9-20-15-14(19-21(20)24)16(22)12-3-1-2-4-13(12)17(15)23/h1-8H,9H2. The van der Waals surface area contributed by atoms with Gasteiger partial charge >= 0.3 is 0 Å². The fourth-order valence-electron chi connectivity index (χ4n) is 2.81. The highest BCUT2D eigenvalue weighted by atomic mass is 19.1. The van der Waals surface area contributed by atoms with Crippen LogP contribution in [0.4, 0.5) is 4.39 Å². The van der Waals surface area contributed by atoms with Crippen LogP contribution in [-0.4, -0.2) is 21.3 Å². The molecule has 0 aliphatic heterocycles. The van der Waals surface area contributed by atoms with E-state index < -0.39 is 17.4 Å². The van der Waals surface area contributed by atoms with E-state index in [0.29, 0.717) is 5.56 Å². The van der Waals surface area contributed by atoms with Crippen molar-refractivity contribution in [2.24, 2.45) is 0 Å². The van der Waals surface area contributed by atoms with Gasteiger partial charge in [0.2, 0.25) is 17.3 Å². The molecule has 4 rings (SSSR count). The van der Waals surface area contributed by atoms with Gasteiger partial charge in [-0.05, 0) is 17.7 Å². The van der Waals surface area contributed by atoms with Gasteiger partial charge in [-0.3, -0.25) is 9.59 Å². The van der Waals surface area contributed by atoms with Gasteiger partial charge in [0.05, 0.1) is 0 Å². The molecule has 0 atom stereocenters. The van der Waals surface area contributed by atoms with E-state index in [9.17, 15) is 19.2 Å². The Morgan fingerprint density at radius 1 is 1.00 bits per heavy atom. The summed E-state index contributed by atoms with van der Waals surface area (Å²) in [6.07, 6.45) is 0. The van der Waals surface area contributed by atoms with Crippen molar-refractivity contribution in [3.8, 4) is 0 Å². The minimum absolute atomic E-state index is 0.00724. The number of hydrogen-bond donors (Lipinski definition) is 0. The predicted molar refractivity (Wildman–Crippen MR) is 80.0 cm³/mol. The van der Waals surface area contributed by atoms with Crippen LogP contribution in [0.1, 0.15) is 37.7 Å². The molecule has 0 spiro atoms. The molecule has 7 heteroatoms. The fourth-order valence-corrected chi connectivity index (χ4v) is 2.81. The Morgan fingerprint density at radius 3 is 2.29 bits per heavy atom. The maximum Gasteiger partial charge on any atom is 0.220 e. The summed E-state index contributed by atoms with van der Waals surface area (Å²) in [4.78, 5) is 25.4. The third-order valence-electron chi connectivity index (χ3n) is 3.97. The third-order valence-corrected chi connectivity index (χ3v) is 3.97. The molecule has 2 aromatic carbocycles. The van der Waals surface area contributed by atoms with Gasteiger partial charge in [-0.1, -0.05) is 36.4 Å². The Bertz CT molecular complexity index is 993. The van der Waals surface area contributed by atoms with Crippen molar-refractivity contribution in [3.05, 3.63) is 87.6 Å². The van der Waals surface area contributed by atoms with Crippen LogP contribution in [0.5, 0.6) is 0 Å². The van der Waals surface area contributed by atoms with Gasteiger partial charge in [-0.15, -0.1) is 4.68 Å². The van der Waals surface area contributed by atoms with Crippen LogP contribution < -0.4 is 4.96 Å². The van der Waals surface area contributed by atoms with Crippen molar-refractivity contribution in [3.63, 3.8) is 0 Å². The Balaban J connectivity index is 1.84. The smallest absolute Gasteiger partial charge is 0.220 e. The van der Waals surface area contributed by atoms with Gasteiger partial charge in [-0.25, -0.2) is 4.39 Å². The van der Waals surface area contributed by atoms with E-state index in [-0.39, 0.29) is 34.0 Å². The van der Waals surface area contributed by atoms with Crippen LogP contribution in [0.2, 0.25) is 0 Å². The Morgan fingerprint density at radius 2 is 1.62 bits per heavy atom. The molecule has 0 N–H and O–H groups in total. The van der Waals surface area contributed by atoms with Gasteiger partial charge in [0.1, 0.15) is 12.4 Å². The number of halogens is 1. The first-order valence-corrected chi connectivity index (χ1v) is 7.20. The molecule has 1 heterocycles. The zero-order valence-corrected chi connectivity index (χ0v) is 12.3. The first kappa shape index (κ1) is 14.3. The van der Waals surface area contributed by atoms with E-state index in [1.165, 1.54) is 30.3 Å². The maximum atomic E-state index is 13.0. The summed E-state index contributed by atoms with van der Waals surface area (Å²) in [5.74, 6) is -1.28. The van der Waals surface area contributed by atoms with E-state index >= 15 is 0 Å². The number of rotatable bonds is 2. The summed E-state index contributed by atoms with van der Waals surface area (Å²) >= 11 is 0. The lowest BCUT2D eigenvalue weighted by Crippen LogP contribution is -2.41. The maximum absolute atomic E-state index is 13.0. The summed E-state index contributed by atoms with van der Waals surface area (Å²) in [7, 11) is 0. The molecule has 3 aromatic rings. The fraction of sp³-hybridized carbons (Fsp3) is 0.0588. The molecule has 1 aliphatic rings. The van der Waals surface area contributed by atoms with E-state index in [2.05, 4.69) is 5.10 Å². The van der Waals surface area contributed by atoms with Gasteiger partial charge < -0.3 is 5.21 Å². The average Bonchev–Trinajstić information content (AvgIpc) is 2.92. The zero-order valence-electron chi connectivity index (χ0n) is 12.3. The highest BCUT2D eigenvalue weighted by molar-refractivity contribution is 6.26. The third kappa shape index (κ3) is 2.02. The summed E-state index contributed by atoms with van der Waals surface area (Å²) in [6, 6.07) is 11.9. The lowest BCUT2D eigenvalue weighted by Gasteiger charge is -2.12. The highest BCUT2D eigenvalue weighted by Gasteiger charge is 2.39. The normalized spacial score (nSPS) is 12.9. The van der Waals surface area contributed by atoms with Crippen LogP contribution in [0.25, 0.3) is 0 Å². The van der Waals surface area contributed by atoms with Gasteiger partial charge in [0.25, 0.3) is 0 Å². The molecule has 0 radical (unpaired) electrons. The molecular formula is C17H10FN3O3. The lowest BCUT2D eigenvalue weighted by molar-refractivity contribution is -0.748. The summed E-state index contributed by atoms with van der Waals surface area (Å²) in [5, 5.41) is 15.8. The molecule has 24 heavy (non-hydrogen) atoms. The number of nitrogens with zero attached hydrogens (tertiary/aromatic N) is 3. The van der Waals surface area contributed by atoms with Crippen molar-refractivity contribution in [1.29, 1.82) is 0 Å². The number of carbonyl (C=O) groups excluding carboxylic acids is 2. The van der Waals surface area contributed by atoms with Crippen molar-refractivity contribution in [2.45, 2.75) is 6.54 Å². The van der Waals surface area contributed by atoms with Gasteiger partial charge in [-0.2, -0.15) is 0 Å².